The van der Waals surface area contributed by atoms with Crippen molar-refractivity contribution < 1.29 is 14.3 Å². The number of hydrogen-bond acceptors (Lipinski definition) is 4. The van der Waals surface area contributed by atoms with Gasteiger partial charge >= 0.3 is 0 Å². The summed E-state index contributed by atoms with van der Waals surface area (Å²) in [6, 6.07) is 13.1. The lowest BCUT2D eigenvalue weighted by Gasteiger charge is -2.18. The Kier molecular flexibility index (Phi) is 5.11. The Hall–Kier alpha value is -3.02. The smallest absolute Gasteiger partial charge is 0.240 e. The fourth-order valence-corrected chi connectivity index (χ4v) is 3.08. The van der Waals surface area contributed by atoms with Gasteiger partial charge in [0.25, 0.3) is 0 Å². The molecule has 0 bridgehead atoms. The minimum Gasteiger partial charge on any atom is -0.497 e. The number of aromatic nitrogens is 2. The molecule has 1 atom stereocenters. The highest BCUT2D eigenvalue weighted by molar-refractivity contribution is 5.81. The predicted octanol–water partition coefficient (Wildman–Crippen LogP) is 3.24. The predicted molar refractivity (Wildman–Crippen MR) is 101 cm³/mol. The summed E-state index contributed by atoms with van der Waals surface area (Å²) in [7, 11) is 3.22. The number of methoxy groups -OCH3 is 2. The van der Waals surface area contributed by atoms with Gasteiger partial charge in [-0.2, -0.15) is 0 Å². The molecule has 3 rings (SSSR count). The second-order valence-corrected chi connectivity index (χ2v) is 6.13. The summed E-state index contributed by atoms with van der Waals surface area (Å²) in [5.41, 5.74) is 2.71. The number of para-hydroxylation sites is 2. The van der Waals surface area contributed by atoms with E-state index in [1.165, 1.54) is 0 Å². The number of fused-ring (bicyclic) bond motifs is 1. The Morgan fingerprint density at radius 3 is 2.69 bits per heavy atom. The zero-order valence-corrected chi connectivity index (χ0v) is 15.4. The topological polar surface area (TPSA) is 65.4 Å². The Balaban J connectivity index is 1.78. The lowest BCUT2D eigenvalue weighted by Crippen LogP contribution is -2.30. The van der Waals surface area contributed by atoms with Crippen molar-refractivity contribution in [2.45, 2.75) is 26.4 Å². The van der Waals surface area contributed by atoms with E-state index in [2.05, 4.69) is 10.3 Å². The molecule has 0 fully saturated rings. The van der Waals surface area contributed by atoms with E-state index in [0.717, 1.165) is 28.2 Å². The molecule has 136 valence electrons. The zero-order chi connectivity index (χ0) is 18.7. The molecule has 0 saturated heterocycles. The van der Waals surface area contributed by atoms with E-state index in [9.17, 15) is 4.79 Å². The number of carbonyl (C=O) groups is 1. The van der Waals surface area contributed by atoms with E-state index < -0.39 is 0 Å². The van der Waals surface area contributed by atoms with E-state index in [0.29, 0.717) is 5.75 Å². The van der Waals surface area contributed by atoms with Crippen LogP contribution in [0.4, 0.5) is 0 Å². The van der Waals surface area contributed by atoms with Gasteiger partial charge in [0.15, 0.2) is 0 Å². The van der Waals surface area contributed by atoms with Crippen LogP contribution in [0, 0.1) is 6.92 Å². The Morgan fingerprint density at radius 2 is 1.96 bits per heavy atom. The number of hydrogen-bond donors (Lipinski definition) is 1. The molecule has 3 aromatic rings. The van der Waals surface area contributed by atoms with Crippen molar-refractivity contribution in [1.29, 1.82) is 0 Å². The summed E-state index contributed by atoms with van der Waals surface area (Å²) in [4.78, 5) is 17.1. The molecule has 2 aromatic carbocycles. The SMILES string of the molecule is COc1ccc(OC)c([C@H](C)NC(=O)Cn2c(C)nc3ccccc32)c1. The Labute approximate surface area is 152 Å². The average molecular weight is 353 g/mol. The lowest BCUT2D eigenvalue weighted by atomic mass is 10.1. The molecule has 0 aliphatic heterocycles. The van der Waals surface area contributed by atoms with Crippen LogP contribution in [0.2, 0.25) is 0 Å². The fraction of sp³-hybridized carbons (Fsp3) is 0.300. The number of nitrogens with one attached hydrogen (secondary N) is 1. The highest BCUT2D eigenvalue weighted by Crippen LogP contribution is 2.29. The molecule has 1 amide bonds. The summed E-state index contributed by atoms with van der Waals surface area (Å²) in [5, 5.41) is 3.03. The molecule has 26 heavy (non-hydrogen) atoms. The second kappa shape index (κ2) is 7.47. The third kappa shape index (κ3) is 3.49. The molecule has 0 aliphatic rings. The molecule has 1 N–H and O–H groups in total. The van der Waals surface area contributed by atoms with E-state index in [-0.39, 0.29) is 18.5 Å². The maximum Gasteiger partial charge on any atom is 0.240 e. The molecule has 0 radical (unpaired) electrons. The molecule has 1 heterocycles. The van der Waals surface area contributed by atoms with Crippen molar-refractivity contribution in [3.63, 3.8) is 0 Å². The number of amides is 1. The first kappa shape index (κ1) is 17.8. The van der Waals surface area contributed by atoms with Gasteiger partial charge in [0.2, 0.25) is 5.91 Å². The van der Waals surface area contributed by atoms with Gasteiger partial charge in [0, 0.05) is 5.56 Å². The van der Waals surface area contributed by atoms with Crippen molar-refractivity contribution in [2.75, 3.05) is 14.2 Å². The Morgan fingerprint density at radius 1 is 1.19 bits per heavy atom. The lowest BCUT2D eigenvalue weighted by molar-refractivity contribution is -0.122. The standard InChI is InChI=1S/C20H23N3O3/c1-13(16-11-15(25-3)9-10-19(16)26-4)21-20(24)12-23-14(2)22-17-7-5-6-8-18(17)23/h5-11,13H,12H2,1-4H3,(H,21,24)/t13-/m0/s1. The first-order chi connectivity index (χ1) is 12.5. The van der Waals surface area contributed by atoms with E-state index in [1.54, 1.807) is 14.2 Å². The molecule has 1 aromatic heterocycles. The molecule has 0 spiro atoms. The number of aryl methyl sites for hydroxylation is 1. The zero-order valence-electron chi connectivity index (χ0n) is 15.4. The molecular formula is C20H23N3O3. The number of ether oxygens (including phenoxy) is 2. The third-order valence-corrected chi connectivity index (χ3v) is 4.43. The van der Waals surface area contributed by atoms with Gasteiger partial charge in [0.05, 0.1) is 31.3 Å². The average Bonchev–Trinajstić information content (AvgIpc) is 2.96. The molecule has 6 nitrogen and oxygen atoms in total. The maximum absolute atomic E-state index is 12.6. The van der Waals surface area contributed by atoms with Gasteiger partial charge in [0.1, 0.15) is 23.9 Å². The van der Waals surface area contributed by atoms with E-state index in [4.69, 9.17) is 9.47 Å². The summed E-state index contributed by atoms with van der Waals surface area (Å²) in [5.74, 6) is 2.16. The van der Waals surface area contributed by atoms with E-state index >= 15 is 0 Å². The van der Waals surface area contributed by atoms with Crippen LogP contribution in [-0.4, -0.2) is 29.7 Å². The van der Waals surface area contributed by atoms with Gasteiger partial charge in [-0.3, -0.25) is 4.79 Å². The molecular weight excluding hydrogens is 330 g/mol. The molecule has 0 aliphatic carbocycles. The number of carbonyl (C=O) groups excluding carboxylic acids is 1. The van der Waals surface area contributed by atoms with E-state index in [1.807, 2.05) is 60.9 Å². The highest BCUT2D eigenvalue weighted by Gasteiger charge is 2.17. The highest BCUT2D eigenvalue weighted by atomic mass is 16.5. The van der Waals surface area contributed by atoms with Crippen LogP contribution in [0.5, 0.6) is 11.5 Å². The van der Waals surface area contributed by atoms with Crippen LogP contribution in [-0.2, 0) is 11.3 Å². The van der Waals surface area contributed by atoms with Gasteiger partial charge in [-0.15, -0.1) is 0 Å². The maximum atomic E-state index is 12.6. The first-order valence-electron chi connectivity index (χ1n) is 8.46. The van der Waals surface area contributed by atoms with Crippen molar-refractivity contribution >= 4 is 16.9 Å². The van der Waals surface area contributed by atoms with Gasteiger partial charge in [-0.25, -0.2) is 4.98 Å². The normalized spacial score (nSPS) is 12.0. The third-order valence-electron chi connectivity index (χ3n) is 4.43. The minimum absolute atomic E-state index is 0.0892. The van der Waals surface area contributed by atoms with Crippen LogP contribution in [0.1, 0.15) is 24.4 Å². The second-order valence-electron chi connectivity index (χ2n) is 6.13. The van der Waals surface area contributed by atoms with Crippen molar-refractivity contribution in [3.05, 3.63) is 53.9 Å². The quantitative estimate of drug-likeness (QED) is 0.739. The molecule has 0 unspecified atom stereocenters. The van der Waals surface area contributed by atoms with Crippen molar-refractivity contribution in [3.8, 4) is 11.5 Å². The fourth-order valence-electron chi connectivity index (χ4n) is 3.08. The minimum atomic E-state index is -0.220. The Bertz CT molecular complexity index is 933. The van der Waals surface area contributed by atoms with Gasteiger partial charge in [-0.05, 0) is 44.2 Å². The molecule has 6 heteroatoms. The summed E-state index contributed by atoms with van der Waals surface area (Å²) < 4.78 is 12.6. The van der Waals surface area contributed by atoms with Gasteiger partial charge in [-0.1, -0.05) is 12.1 Å². The molecule has 0 saturated carbocycles. The van der Waals surface area contributed by atoms with Crippen molar-refractivity contribution in [1.82, 2.24) is 14.9 Å². The number of imidazole rings is 1. The van der Waals surface area contributed by atoms with Gasteiger partial charge < -0.3 is 19.4 Å². The van der Waals surface area contributed by atoms with Crippen LogP contribution in [0.3, 0.4) is 0 Å². The largest absolute Gasteiger partial charge is 0.497 e. The number of nitrogens with zero attached hydrogens (tertiary/aromatic N) is 2. The van der Waals surface area contributed by atoms with Crippen LogP contribution >= 0.6 is 0 Å². The first-order valence-corrected chi connectivity index (χ1v) is 8.46. The summed E-state index contributed by atoms with van der Waals surface area (Å²) in [6.45, 7) is 4.04. The summed E-state index contributed by atoms with van der Waals surface area (Å²) in [6.07, 6.45) is 0. The monoisotopic (exact) mass is 353 g/mol. The van der Waals surface area contributed by atoms with Crippen LogP contribution in [0.15, 0.2) is 42.5 Å². The summed E-state index contributed by atoms with van der Waals surface area (Å²) >= 11 is 0. The number of benzene rings is 2. The van der Waals surface area contributed by atoms with Crippen molar-refractivity contribution in [2.24, 2.45) is 0 Å². The van der Waals surface area contributed by atoms with Crippen LogP contribution < -0.4 is 14.8 Å². The van der Waals surface area contributed by atoms with Crippen LogP contribution in [0.25, 0.3) is 11.0 Å². The number of rotatable bonds is 6.